The van der Waals surface area contributed by atoms with Crippen molar-refractivity contribution in [1.82, 2.24) is 16.0 Å². The van der Waals surface area contributed by atoms with Crippen molar-refractivity contribution >= 4 is 29.1 Å². The summed E-state index contributed by atoms with van der Waals surface area (Å²) in [6.07, 6.45) is -4.46. The summed E-state index contributed by atoms with van der Waals surface area (Å²) < 4.78 is 37.4. The second kappa shape index (κ2) is 9.17. The lowest BCUT2D eigenvalue weighted by Gasteiger charge is -2.09. The molecule has 27 heavy (non-hydrogen) atoms. The van der Waals surface area contributed by atoms with Crippen molar-refractivity contribution in [1.29, 1.82) is 0 Å². The molecule has 3 N–H and O–H groups in total. The average molecular weight is 399 g/mol. The van der Waals surface area contributed by atoms with Crippen LogP contribution >= 0.6 is 11.3 Å². The standard InChI is InChI=1S/C17H16F3N3O3S/c18-17(19,20)13-3-1-11(2-4-13)15(25)22-7-6-21-14(24)9-23-16(26)12-5-8-27-10-12/h1-5,8,10H,6-7,9H2,(H,21,24)(H,22,25)(H,23,26). The molecule has 0 aliphatic rings. The van der Waals surface area contributed by atoms with Crippen LogP contribution in [-0.4, -0.2) is 37.4 Å². The molecule has 3 amide bonds. The fraction of sp³-hybridized carbons (Fsp3) is 0.235. The molecule has 0 saturated carbocycles. The number of nitrogens with one attached hydrogen (secondary N) is 3. The van der Waals surface area contributed by atoms with Gasteiger partial charge in [-0.3, -0.25) is 14.4 Å². The number of thiophene rings is 1. The normalized spacial score (nSPS) is 10.9. The number of carbonyl (C=O) groups is 3. The van der Waals surface area contributed by atoms with E-state index in [1.54, 1.807) is 16.8 Å². The molecule has 10 heteroatoms. The molecule has 0 aliphatic carbocycles. The zero-order valence-electron chi connectivity index (χ0n) is 13.9. The van der Waals surface area contributed by atoms with Crippen LogP contribution in [0, 0.1) is 0 Å². The van der Waals surface area contributed by atoms with E-state index in [1.165, 1.54) is 11.3 Å². The summed E-state index contributed by atoms with van der Waals surface area (Å²) in [6.45, 7) is -0.00880. The van der Waals surface area contributed by atoms with Gasteiger partial charge in [-0.05, 0) is 35.7 Å². The predicted octanol–water partition coefficient (Wildman–Crippen LogP) is 2.04. The summed E-state index contributed by atoms with van der Waals surface area (Å²) in [4.78, 5) is 35.1. The molecule has 2 aromatic rings. The Hall–Kier alpha value is -2.88. The van der Waals surface area contributed by atoms with E-state index in [0.29, 0.717) is 5.56 Å². The van der Waals surface area contributed by atoms with Crippen molar-refractivity contribution in [2.75, 3.05) is 19.6 Å². The molecule has 0 radical (unpaired) electrons. The molecule has 0 fully saturated rings. The molecule has 0 atom stereocenters. The molecule has 0 bridgehead atoms. The molecule has 0 aliphatic heterocycles. The molecular formula is C17H16F3N3O3S. The minimum Gasteiger partial charge on any atom is -0.353 e. The predicted molar refractivity (Wildman–Crippen MR) is 93.4 cm³/mol. The molecule has 144 valence electrons. The Labute approximate surface area is 156 Å². The summed E-state index contributed by atoms with van der Waals surface area (Å²) >= 11 is 1.36. The fourth-order valence-electron chi connectivity index (χ4n) is 2.01. The van der Waals surface area contributed by atoms with Crippen molar-refractivity contribution < 1.29 is 27.6 Å². The molecule has 2 rings (SSSR count). The zero-order chi connectivity index (χ0) is 19.9. The minimum atomic E-state index is -4.46. The van der Waals surface area contributed by atoms with Crippen LogP contribution in [0.2, 0.25) is 0 Å². The smallest absolute Gasteiger partial charge is 0.353 e. The van der Waals surface area contributed by atoms with Crippen molar-refractivity contribution in [2.24, 2.45) is 0 Å². The maximum Gasteiger partial charge on any atom is 0.416 e. The van der Waals surface area contributed by atoms with Gasteiger partial charge in [-0.2, -0.15) is 24.5 Å². The monoisotopic (exact) mass is 399 g/mol. The second-order valence-corrected chi connectivity index (χ2v) is 6.16. The van der Waals surface area contributed by atoms with Crippen molar-refractivity contribution in [3.8, 4) is 0 Å². The Morgan fingerprint density at radius 1 is 0.852 bits per heavy atom. The van der Waals surface area contributed by atoms with Gasteiger partial charge < -0.3 is 16.0 Å². The van der Waals surface area contributed by atoms with E-state index in [1.807, 2.05) is 0 Å². The number of amides is 3. The Bertz CT molecular complexity index is 790. The SMILES string of the molecule is O=C(CNC(=O)c1ccsc1)NCCNC(=O)c1ccc(C(F)(F)F)cc1. The van der Waals surface area contributed by atoms with Gasteiger partial charge >= 0.3 is 6.18 Å². The molecule has 0 spiro atoms. The molecule has 0 saturated heterocycles. The summed E-state index contributed by atoms with van der Waals surface area (Å²) in [7, 11) is 0. The van der Waals surface area contributed by atoms with Crippen LogP contribution in [0.15, 0.2) is 41.1 Å². The van der Waals surface area contributed by atoms with E-state index < -0.39 is 23.6 Å². The molecular weight excluding hydrogens is 383 g/mol. The molecule has 1 heterocycles. The Kier molecular flexibility index (Phi) is 6.94. The highest BCUT2D eigenvalue weighted by molar-refractivity contribution is 7.08. The lowest BCUT2D eigenvalue weighted by Crippen LogP contribution is -2.40. The van der Waals surface area contributed by atoms with Crippen molar-refractivity contribution in [3.63, 3.8) is 0 Å². The maximum absolute atomic E-state index is 12.5. The highest BCUT2D eigenvalue weighted by Crippen LogP contribution is 2.29. The molecule has 0 unspecified atom stereocenters. The molecule has 6 nitrogen and oxygen atoms in total. The highest BCUT2D eigenvalue weighted by atomic mass is 32.1. The fourth-order valence-corrected chi connectivity index (χ4v) is 2.65. The van der Waals surface area contributed by atoms with Crippen molar-refractivity contribution in [3.05, 3.63) is 57.8 Å². The summed E-state index contributed by atoms with van der Waals surface area (Å²) in [6, 6.07) is 5.45. The van der Waals surface area contributed by atoms with Crippen LogP contribution in [0.3, 0.4) is 0 Å². The molecule has 1 aromatic heterocycles. The van der Waals surface area contributed by atoms with Crippen LogP contribution < -0.4 is 16.0 Å². The number of benzene rings is 1. The van der Waals surface area contributed by atoms with E-state index in [-0.39, 0.29) is 31.1 Å². The minimum absolute atomic E-state index is 0.0809. The van der Waals surface area contributed by atoms with E-state index in [9.17, 15) is 27.6 Å². The molecule has 1 aromatic carbocycles. The highest BCUT2D eigenvalue weighted by Gasteiger charge is 2.30. The van der Waals surface area contributed by atoms with Crippen molar-refractivity contribution in [2.45, 2.75) is 6.18 Å². The third-order valence-corrected chi connectivity index (χ3v) is 4.08. The number of alkyl halides is 3. The quantitative estimate of drug-likeness (QED) is 0.623. The third-order valence-electron chi connectivity index (χ3n) is 3.40. The first-order valence-corrected chi connectivity index (χ1v) is 8.74. The lowest BCUT2D eigenvalue weighted by molar-refractivity contribution is -0.137. The Morgan fingerprint density at radius 2 is 1.48 bits per heavy atom. The first kappa shape index (κ1) is 20.4. The van der Waals surface area contributed by atoms with Crippen LogP contribution in [0.25, 0.3) is 0 Å². The third kappa shape index (κ3) is 6.41. The zero-order valence-corrected chi connectivity index (χ0v) is 14.7. The van der Waals surface area contributed by atoms with Crippen LogP contribution in [0.1, 0.15) is 26.3 Å². The van der Waals surface area contributed by atoms with Gasteiger partial charge in [0.2, 0.25) is 5.91 Å². The van der Waals surface area contributed by atoms with Gasteiger partial charge in [0.1, 0.15) is 0 Å². The largest absolute Gasteiger partial charge is 0.416 e. The van der Waals surface area contributed by atoms with Gasteiger partial charge in [-0.25, -0.2) is 0 Å². The topological polar surface area (TPSA) is 87.3 Å². The van der Waals surface area contributed by atoms with E-state index >= 15 is 0 Å². The Morgan fingerprint density at radius 3 is 2.07 bits per heavy atom. The number of halogens is 3. The van der Waals surface area contributed by atoms with Gasteiger partial charge in [0.05, 0.1) is 12.1 Å². The van der Waals surface area contributed by atoms with Crippen LogP contribution in [-0.2, 0) is 11.0 Å². The number of hydrogen-bond donors (Lipinski definition) is 3. The van der Waals surface area contributed by atoms with Gasteiger partial charge in [0.15, 0.2) is 0 Å². The number of carbonyl (C=O) groups excluding carboxylic acids is 3. The number of hydrogen-bond acceptors (Lipinski definition) is 4. The lowest BCUT2D eigenvalue weighted by atomic mass is 10.1. The summed E-state index contributed by atoms with van der Waals surface area (Å²) in [5.41, 5.74) is -0.287. The first-order valence-electron chi connectivity index (χ1n) is 7.80. The number of rotatable bonds is 7. The van der Waals surface area contributed by atoms with Gasteiger partial charge in [-0.1, -0.05) is 0 Å². The Balaban J connectivity index is 1.66. The van der Waals surface area contributed by atoms with E-state index in [4.69, 9.17) is 0 Å². The summed E-state index contributed by atoms with van der Waals surface area (Å²) in [5, 5.41) is 10.8. The average Bonchev–Trinajstić information content (AvgIpc) is 3.17. The van der Waals surface area contributed by atoms with Gasteiger partial charge in [0.25, 0.3) is 11.8 Å². The first-order chi connectivity index (χ1) is 12.8. The maximum atomic E-state index is 12.5. The van der Waals surface area contributed by atoms with Crippen LogP contribution in [0.5, 0.6) is 0 Å². The van der Waals surface area contributed by atoms with Gasteiger partial charge in [0, 0.05) is 29.6 Å². The second-order valence-electron chi connectivity index (χ2n) is 5.38. The van der Waals surface area contributed by atoms with E-state index in [0.717, 1.165) is 24.3 Å². The van der Waals surface area contributed by atoms with E-state index in [2.05, 4.69) is 16.0 Å². The summed E-state index contributed by atoms with van der Waals surface area (Å²) in [5.74, 6) is -1.34. The van der Waals surface area contributed by atoms with Gasteiger partial charge in [-0.15, -0.1) is 0 Å². The van der Waals surface area contributed by atoms with Crippen LogP contribution in [0.4, 0.5) is 13.2 Å².